The molecule has 0 aliphatic rings. The number of rotatable bonds is 14. The van der Waals surface area contributed by atoms with Crippen LogP contribution < -0.4 is 0 Å². The molecule has 0 amide bonds. The molecule has 0 aromatic heterocycles. The van der Waals surface area contributed by atoms with Gasteiger partial charge in [-0.15, -0.1) is 0 Å². The molecule has 3 nitrogen and oxygen atoms in total. The van der Waals surface area contributed by atoms with E-state index in [1.165, 1.54) is 44.6 Å². The van der Waals surface area contributed by atoms with E-state index in [9.17, 15) is 4.79 Å². The predicted molar refractivity (Wildman–Crippen MR) is 93.0 cm³/mol. The number of carbonyl (C=O) groups excluding carboxylic acids is 1. The maximum Gasteiger partial charge on any atom is 0.330 e. The fraction of sp³-hybridized carbons (Fsp3) is 0.842. The number of methoxy groups -OCH3 is 1. The smallest absolute Gasteiger partial charge is 0.330 e. The second kappa shape index (κ2) is 12.7. The van der Waals surface area contributed by atoms with E-state index in [0.717, 1.165) is 19.3 Å². The molecule has 0 aliphatic carbocycles. The third kappa shape index (κ3) is 11.8. The lowest BCUT2D eigenvalue weighted by atomic mass is 9.86. The van der Waals surface area contributed by atoms with Crippen molar-refractivity contribution < 1.29 is 14.3 Å². The average molecular weight is 312 g/mol. The van der Waals surface area contributed by atoms with Crippen LogP contribution >= 0.6 is 0 Å². The van der Waals surface area contributed by atoms with Gasteiger partial charge in [-0.3, -0.25) is 0 Å². The van der Waals surface area contributed by atoms with E-state index in [4.69, 9.17) is 9.47 Å². The van der Waals surface area contributed by atoms with Crippen LogP contribution in [0, 0.1) is 5.92 Å². The summed E-state index contributed by atoms with van der Waals surface area (Å²) in [4.78, 5) is 11.0. The molecule has 1 atom stereocenters. The van der Waals surface area contributed by atoms with Gasteiger partial charge in [0.15, 0.2) is 0 Å². The van der Waals surface area contributed by atoms with Crippen LogP contribution in [0.4, 0.5) is 0 Å². The molecular weight excluding hydrogens is 276 g/mol. The van der Waals surface area contributed by atoms with Crippen molar-refractivity contribution in [2.75, 3.05) is 13.7 Å². The molecule has 0 N–H and O–H groups in total. The summed E-state index contributed by atoms with van der Waals surface area (Å²) >= 11 is 0. The molecule has 130 valence electrons. The van der Waals surface area contributed by atoms with Crippen molar-refractivity contribution in [1.82, 2.24) is 0 Å². The van der Waals surface area contributed by atoms with Crippen LogP contribution in [0.5, 0.6) is 0 Å². The minimum Gasteiger partial charge on any atom is -0.463 e. The summed E-state index contributed by atoms with van der Waals surface area (Å²) in [5, 5.41) is 0. The zero-order valence-corrected chi connectivity index (χ0v) is 15.2. The lowest BCUT2D eigenvalue weighted by Crippen LogP contribution is -2.26. The van der Waals surface area contributed by atoms with Gasteiger partial charge >= 0.3 is 5.97 Å². The monoisotopic (exact) mass is 312 g/mol. The second-order valence-electron chi connectivity index (χ2n) is 6.75. The molecule has 0 saturated heterocycles. The molecule has 0 radical (unpaired) electrons. The van der Waals surface area contributed by atoms with Gasteiger partial charge in [0, 0.05) is 13.2 Å². The van der Waals surface area contributed by atoms with Gasteiger partial charge in [0.05, 0.1) is 12.2 Å². The fourth-order valence-corrected chi connectivity index (χ4v) is 2.77. The SMILES string of the molecule is C=CC(=O)OCCCC(CCCCCCC)CC(C)(C)OC. The van der Waals surface area contributed by atoms with E-state index in [-0.39, 0.29) is 11.6 Å². The lowest BCUT2D eigenvalue weighted by Gasteiger charge is -2.28. The molecule has 1 unspecified atom stereocenters. The van der Waals surface area contributed by atoms with Crippen LogP contribution in [0.25, 0.3) is 0 Å². The fourth-order valence-electron chi connectivity index (χ4n) is 2.77. The maximum absolute atomic E-state index is 11.0. The molecule has 0 aliphatic heterocycles. The number of carbonyl (C=O) groups is 1. The van der Waals surface area contributed by atoms with Gasteiger partial charge in [0.25, 0.3) is 0 Å². The Morgan fingerprint density at radius 1 is 1.14 bits per heavy atom. The number of unbranched alkanes of at least 4 members (excludes halogenated alkanes) is 4. The Morgan fingerprint density at radius 3 is 2.36 bits per heavy atom. The molecule has 0 heterocycles. The highest BCUT2D eigenvalue weighted by atomic mass is 16.5. The first-order valence-electron chi connectivity index (χ1n) is 8.79. The summed E-state index contributed by atoms with van der Waals surface area (Å²) in [7, 11) is 1.78. The lowest BCUT2D eigenvalue weighted by molar-refractivity contribution is -0.137. The van der Waals surface area contributed by atoms with E-state index in [1.807, 2.05) is 0 Å². The molecule has 0 saturated carbocycles. The molecule has 22 heavy (non-hydrogen) atoms. The summed E-state index contributed by atoms with van der Waals surface area (Å²) in [6, 6.07) is 0. The topological polar surface area (TPSA) is 35.5 Å². The van der Waals surface area contributed by atoms with Crippen LogP contribution in [-0.2, 0) is 14.3 Å². The van der Waals surface area contributed by atoms with Gasteiger partial charge in [-0.2, -0.15) is 0 Å². The van der Waals surface area contributed by atoms with E-state index in [2.05, 4.69) is 27.4 Å². The van der Waals surface area contributed by atoms with Crippen molar-refractivity contribution in [3.8, 4) is 0 Å². The van der Waals surface area contributed by atoms with Crippen LogP contribution in [0.15, 0.2) is 12.7 Å². The molecule has 0 bridgehead atoms. The maximum atomic E-state index is 11.0. The third-order valence-electron chi connectivity index (χ3n) is 4.22. The van der Waals surface area contributed by atoms with Crippen molar-refractivity contribution in [3.05, 3.63) is 12.7 Å². The molecule has 0 rings (SSSR count). The normalized spacial score (nSPS) is 12.9. The van der Waals surface area contributed by atoms with Crippen molar-refractivity contribution >= 4 is 5.97 Å². The van der Waals surface area contributed by atoms with Gasteiger partial charge in [-0.25, -0.2) is 4.79 Å². The Hall–Kier alpha value is -0.830. The van der Waals surface area contributed by atoms with E-state index in [1.54, 1.807) is 7.11 Å². The Balaban J connectivity index is 4.10. The quantitative estimate of drug-likeness (QED) is 0.248. The standard InChI is InChI=1S/C19H36O3/c1-6-8-9-10-11-13-17(16-19(3,4)21-5)14-12-15-22-18(20)7-2/h7,17H,2,6,8-16H2,1,3-5H3. The minimum absolute atomic E-state index is 0.0775. The Morgan fingerprint density at radius 2 is 1.77 bits per heavy atom. The average Bonchev–Trinajstić information content (AvgIpc) is 2.50. The minimum atomic E-state index is -0.326. The molecule has 0 spiro atoms. The van der Waals surface area contributed by atoms with E-state index in [0.29, 0.717) is 12.5 Å². The first kappa shape index (κ1) is 21.2. The summed E-state index contributed by atoms with van der Waals surface area (Å²) in [6.07, 6.45) is 12.1. The number of hydrogen-bond acceptors (Lipinski definition) is 3. The van der Waals surface area contributed by atoms with E-state index < -0.39 is 0 Å². The highest BCUT2D eigenvalue weighted by Gasteiger charge is 2.22. The molecule has 3 heteroatoms. The highest BCUT2D eigenvalue weighted by Crippen LogP contribution is 2.27. The first-order valence-corrected chi connectivity index (χ1v) is 8.79. The number of ether oxygens (including phenoxy) is 2. The highest BCUT2D eigenvalue weighted by molar-refractivity contribution is 5.81. The summed E-state index contributed by atoms with van der Waals surface area (Å²) in [5.41, 5.74) is -0.0775. The Bertz CT molecular complexity index is 297. The van der Waals surface area contributed by atoms with Gasteiger partial charge in [0.2, 0.25) is 0 Å². The van der Waals surface area contributed by atoms with E-state index >= 15 is 0 Å². The van der Waals surface area contributed by atoms with Gasteiger partial charge in [-0.1, -0.05) is 52.0 Å². The summed E-state index contributed by atoms with van der Waals surface area (Å²) in [6.45, 7) is 10.4. The number of esters is 1. The van der Waals surface area contributed by atoms with Crippen LogP contribution in [0.1, 0.15) is 78.6 Å². The van der Waals surface area contributed by atoms with Crippen LogP contribution in [-0.4, -0.2) is 25.3 Å². The van der Waals surface area contributed by atoms with Gasteiger partial charge < -0.3 is 9.47 Å². The first-order chi connectivity index (χ1) is 10.4. The third-order valence-corrected chi connectivity index (χ3v) is 4.22. The largest absolute Gasteiger partial charge is 0.463 e. The summed E-state index contributed by atoms with van der Waals surface area (Å²) in [5.74, 6) is 0.312. The molecular formula is C19H36O3. The molecule has 0 aromatic carbocycles. The zero-order valence-electron chi connectivity index (χ0n) is 15.2. The van der Waals surface area contributed by atoms with Crippen molar-refractivity contribution in [2.24, 2.45) is 5.92 Å². The van der Waals surface area contributed by atoms with Gasteiger partial charge in [-0.05, 0) is 39.0 Å². The Labute approximate surface area is 137 Å². The van der Waals surface area contributed by atoms with Crippen molar-refractivity contribution in [2.45, 2.75) is 84.2 Å². The molecule has 0 aromatic rings. The molecule has 0 fully saturated rings. The van der Waals surface area contributed by atoms with Crippen LogP contribution in [0.2, 0.25) is 0 Å². The van der Waals surface area contributed by atoms with Crippen molar-refractivity contribution in [3.63, 3.8) is 0 Å². The second-order valence-corrected chi connectivity index (χ2v) is 6.75. The van der Waals surface area contributed by atoms with Gasteiger partial charge in [0.1, 0.15) is 0 Å². The predicted octanol–water partition coefficient (Wildman–Crippen LogP) is 5.29. The van der Waals surface area contributed by atoms with Crippen molar-refractivity contribution in [1.29, 1.82) is 0 Å². The number of hydrogen-bond donors (Lipinski definition) is 0. The summed E-state index contributed by atoms with van der Waals surface area (Å²) < 4.78 is 10.6. The Kier molecular flexibility index (Phi) is 12.2. The van der Waals surface area contributed by atoms with Crippen LogP contribution in [0.3, 0.4) is 0 Å². The zero-order chi connectivity index (χ0) is 16.8.